The first kappa shape index (κ1) is 16.3. The largest absolute Gasteiger partial charge is 0.354 e. The molecule has 1 amide bonds. The summed E-state index contributed by atoms with van der Waals surface area (Å²) >= 11 is 5.90. The number of nitrogens with one attached hydrogen (secondary N) is 2. The SMILES string of the molecule is CCC(C)NC(=O)CCNC1CC(c2ccc(Cl)cc2)C1. The van der Waals surface area contributed by atoms with Crippen molar-refractivity contribution in [1.29, 1.82) is 0 Å². The third-order valence-electron chi connectivity index (χ3n) is 4.28. The molecule has 0 radical (unpaired) electrons. The van der Waals surface area contributed by atoms with Gasteiger partial charge in [-0.15, -0.1) is 0 Å². The average molecular weight is 309 g/mol. The maximum absolute atomic E-state index is 11.7. The first-order valence-electron chi connectivity index (χ1n) is 7.86. The zero-order valence-corrected chi connectivity index (χ0v) is 13.6. The Hall–Kier alpha value is -1.06. The van der Waals surface area contributed by atoms with Crippen LogP contribution in [0.3, 0.4) is 0 Å². The van der Waals surface area contributed by atoms with Crippen molar-refractivity contribution >= 4 is 17.5 Å². The molecular formula is C17H25ClN2O. The van der Waals surface area contributed by atoms with Crippen molar-refractivity contribution in [3.63, 3.8) is 0 Å². The number of carbonyl (C=O) groups is 1. The quantitative estimate of drug-likeness (QED) is 0.809. The normalized spacial score (nSPS) is 22.4. The predicted octanol–water partition coefficient (Wildman–Crippen LogP) is 3.48. The molecule has 1 aromatic rings. The third kappa shape index (κ3) is 5.01. The Labute approximate surface area is 132 Å². The number of halogens is 1. The number of carbonyl (C=O) groups excluding carboxylic acids is 1. The van der Waals surface area contributed by atoms with E-state index >= 15 is 0 Å². The van der Waals surface area contributed by atoms with Crippen LogP contribution in [0.5, 0.6) is 0 Å². The van der Waals surface area contributed by atoms with E-state index in [1.807, 2.05) is 19.1 Å². The van der Waals surface area contributed by atoms with Crippen LogP contribution < -0.4 is 10.6 Å². The van der Waals surface area contributed by atoms with E-state index in [1.165, 1.54) is 5.56 Å². The molecule has 1 atom stereocenters. The number of hydrogen-bond donors (Lipinski definition) is 2. The molecule has 1 unspecified atom stereocenters. The minimum Gasteiger partial charge on any atom is -0.354 e. The van der Waals surface area contributed by atoms with Crippen LogP contribution in [0.2, 0.25) is 5.02 Å². The van der Waals surface area contributed by atoms with Crippen LogP contribution in [0.25, 0.3) is 0 Å². The second-order valence-corrected chi connectivity index (χ2v) is 6.43. The topological polar surface area (TPSA) is 41.1 Å². The van der Waals surface area contributed by atoms with Gasteiger partial charge in [-0.25, -0.2) is 0 Å². The Morgan fingerprint density at radius 2 is 2.00 bits per heavy atom. The zero-order chi connectivity index (χ0) is 15.2. The Morgan fingerprint density at radius 3 is 2.62 bits per heavy atom. The lowest BCUT2D eigenvalue weighted by Crippen LogP contribution is -2.42. The van der Waals surface area contributed by atoms with E-state index in [-0.39, 0.29) is 11.9 Å². The van der Waals surface area contributed by atoms with Crippen molar-refractivity contribution in [2.24, 2.45) is 0 Å². The van der Waals surface area contributed by atoms with Gasteiger partial charge in [0.2, 0.25) is 5.91 Å². The maximum atomic E-state index is 11.7. The van der Waals surface area contributed by atoms with E-state index in [4.69, 9.17) is 11.6 Å². The molecule has 0 bridgehead atoms. The van der Waals surface area contributed by atoms with Crippen LogP contribution in [-0.4, -0.2) is 24.5 Å². The van der Waals surface area contributed by atoms with E-state index in [9.17, 15) is 4.79 Å². The summed E-state index contributed by atoms with van der Waals surface area (Å²) in [6.07, 6.45) is 3.83. The van der Waals surface area contributed by atoms with Gasteiger partial charge in [-0.05, 0) is 49.8 Å². The number of rotatable bonds is 7. The van der Waals surface area contributed by atoms with Gasteiger partial charge < -0.3 is 10.6 Å². The van der Waals surface area contributed by atoms with Crippen LogP contribution in [0.4, 0.5) is 0 Å². The van der Waals surface area contributed by atoms with E-state index in [1.54, 1.807) is 0 Å². The van der Waals surface area contributed by atoms with Crippen molar-refractivity contribution < 1.29 is 4.79 Å². The molecule has 1 fully saturated rings. The summed E-state index contributed by atoms with van der Waals surface area (Å²) in [6, 6.07) is 8.96. The van der Waals surface area contributed by atoms with Crippen LogP contribution in [0.1, 0.15) is 51.0 Å². The minimum absolute atomic E-state index is 0.144. The fraction of sp³-hybridized carbons (Fsp3) is 0.588. The van der Waals surface area contributed by atoms with Gasteiger partial charge in [-0.3, -0.25) is 4.79 Å². The van der Waals surface area contributed by atoms with Crippen LogP contribution in [0, 0.1) is 0 Å². The highest BCUT2D eigenvalue weighted by molar-refractivity contribution is 6.30. The lowest BCUT2D eigenvalue weighted by atomic mass is 9.76. The fourth-order valence-corrected chi connectivity index (χ4v) is 2.76. The molecule has 0 heterocycles. The summed E-state index contributed by atoms with van der Waals surface area (Å²) in [7, 11) is 0. The summed E-state index contributed by atoms with van der Waals surface area (Å²) in [6.45, 7) is 4.88. The molecule has 116 valence electrons. The Bertz CT molecular complexity index is 454. The summed E-state index contributed by atoms with van der Waals surface area (Å²) in [4.78, 5) is 11.7. The molecule has 1 aromatic carbocycles. The van der Waals surface area contributed by atoms with E-state index in [2.05, 4.69) is 29.7 Å². The van der Waals surface area contributed by atoms with Gasteiger partial charge in [0.05, 0.1) is 0 Å². The van der Waals surface area contributed by atoms with Gasteiger partial charge in [0.25, 0.3) is 0 Å². The molecule has 1 aliphatic rings. The highest BCUT2D eigenvalue weighted by Crippen LogP contribution is 2.37. The third-order valence-corrected chi connectivity index (χ3v) is 4.54. The lowest BCUT2D eigenvalue weighted by Gasteiger charge is -2.36. The predicted molar refractivity (Wildman–Crippen MR) is 87.7 cm³/mol. The minimum atomic E-state index is 0.144. The van der Waals surface area contributed by atoms with Gasteiger partial charge in [-0.1, -0.05) is 30.7 Å². The molecule has 0 aliphatic heterocycles. The molecule has 1 saturated carbocycles. The van der Waals surface area contributed by atoms with Gasteiger partial charge >= 0.3 is 0 Å². The number of amides is 1. The van der Waals surface area contributed by atoms with Gasteiger partial charge in [-0.2, -0.15) is 0 Å². The van der Waals surface area contributed by atoms with E-state index in [0.717, 1.165) is 30.8 Å². The Balaban J connectivity index is 1.60. The molecular weight excluding hydrogens is 284 g/mol. The van der Waals surface area contributed by atoms with Gasteiger partial charge in [0.1, 0.15) is 0 Å². The Morgan fingerprint density at radius 1 is 1.33 bits per heavy atom. The van der Waals surface area contributed by atoms with Gasteiger partial charge in [0.15, 0.2) is 0 Å². The van der Waals surface area contributed by atoms with Gasteiger partial charge in [0, 0.05) is 30.1 Å². The Kier molecular flexibility index (Phi) is 6.07. The molecule has 0 saturated heterocycles. The molecule has 2 N–H and O–H groups in total. The van der Waals surface area contributed by atoms with Crippen molar-refractivity contribution in [3.8, 4) is 0 Å². The highest BCUT2D eigenvalue weighted by atomic mass is 35.5. The zero-order valence-electron chi connectivity index (χ0n) is 12.9. The highest BCUT2D eigenvalue weighted by Gasteiger charge is 2.29. The van der Waals surface area contributed by atoms with E-state index < -0.39 is 0 Å². The summed E-state index contributed by atoms with van der Waals surface area (Å²) in [5.41, 5.74) is 1.37. The number of hydrogen-bond acceptors (Lipinski definition) is 2. The summed E-state index contributed by atoms with van der Waals surface area (Å²) in [5, 5.41) is 7.24. The fourth-order valence-electron chi connectivity index (χ4n) is 2.63. The second-order valence-electron chi connectivity index (χ2n) is 6.00. The second kappa shape index (κ2) is 7.81. The lowest BCUT2D eigenvalue weighted by molar-refractivity contribution is -0.121. The first-order valence-corrected chi connectivity index (χ1v) is 8.24. The molecule has 4 heteroatoms. The monoisotopic (exact) mass is 308 g/mol. The van der Waals surface area contributed by atoms with E-state index in [0.29, 0.717) is 18.4 Å². The molecule has 0 spiro atoms. The maximum Gasteiger partial charge on any atom is 0.221 e. The molecule has 21 heavy (non-hydrogen) atoms. The van der Waals surface area contributed by atoms with Crippen LogP contribution in [-0.2, 0) is 4.79 Å². The number of benzene rings is 1. The summed E-state index contributed by atoms with van der Waals surface area (Å²) < 4.78 is 0. The molecule has 2 rings (SSSR count). The molecule has 3 nitrogen and oxygen atoms in total. The molecule has 0 aromatic heterocycles. The van der Waals surface area contributed by atoms with Crippen molar-refractivity contribution in [2.45, 2.75) is 57.5 Å². The smallest absolute Gasteiger partial charge is 0.221 e. The van der Waals surface area contributed by atoms with Crippen molar-refractivity contribution in [2.75, 3.05) is 6.54 Å². The molecule has 1 aliphatic carbocycles. The summed E-state index contributed by atoms with van der Waals surface area (Å²) in [5.74, 6) is 0.777. The van der Waals surface area contributed by atoms with Crippen LogP contribution in [0.15, 0.2) is 24.3 Å². The van der Waals surface area contributed by atoms with Crippen LogP contribution >= 0.6 is 11.6 Å². The first-order chi connectivity index (χ1) is 10.1. The average Bonchev–Trinajstić information content (AvgIpc) is 2.42. The van der Waals surface area contributed by atoms with Crippen molar-refractivity contribution in [1.82, 2.24) is 10.6 Å². The van der Waals surface area contributed by atoms with Crippen molar-refractivity contribution in [3.05, 3.63) is 34.9 Å². The standard InChI is InChI=1S/C17H25ClN2O/c1-3-12(2)20-17(21)8-9-19-16-10-14(11-16)13-4-6-15(18)7-5-13/h4-7,12,14,16,19H,3,8-11H2,1-2H3,(H,20,21).